The molecule has 1 aromatic rings. The number of aromatic nitrogens is 2. The number of ether oxygens (including phenoxy) is 1. The summed E-state index contributed by atoms with van der Waals surface area (Å²) >= 11 is 0. The van der Waals surface area contributed by atoms with Gasteiger partial charge in [0.2, 0.25) is 0 Å². The molecule has 1 fully saturated rings. The number of anilines is 2. The van der Waals surface area contributed by atoms with Gasteiger partial charge in [0.15, 0.2) is 5.82 Å². The molecule has 5 heteroatoms. The molecule has 0 atom stereocenters. The first-order chi connectivity index (χ1) is 9.75. The Balaban J connectivity index is 1.99. The van der Waals surface area contributed by atoms with Gasteiger partial charge in [0.1, 0.15) is 18.2 Å². The van der Waals surface area contributed by atoms with Crippen LogP contribution in [-0.4, -0.2) is 30.2 Å². The minimum Gasteiger partial charge on any atom is -0.377 e. The molecule has 1 aliphatic carbocycles. The van der Waals surface area contributed by atoms with Crippen molar-refractivity contribution in [2.75, 3.05) is 24.8 Å². The first-order valence-electron chi connectivity index (χ1n) is 7.56. The molecule has 1 saturated carbocycles. The van der Waals surface area contributed by atoms with Crippen LogP contribution < -0.4 is 10.6 Å². The molecular weight excluding hydrogens is 252 g/mol. The molecular formula is C15H26N4O. The van der Waals surface area contributed by atoms with Gasteiger partial charge in [-0.15, -0.1) is 0 Å². The van der Waals surface area contributed by atoms with E-state index in [1.54, 1.807) is 7.11 Å². The summed E-state index contributed by atoms with van der Waals surface area (Å²) in [6.07, 6.45) is 6.42. The van der Waals surface area contributed by atoms with Crippen LogP contribution in [0.3, 0.4) is 0 Å². The van der Waals surface area contributed by atoms with Crippen molar-refractivity contribution in [3.8, 4) is 0 Å². The van der Waals surface area contributed by atoms with Crippen molar-refractivity contribution in [3.63, 3.8) is 0 Å². The molecule has 5 nitrogen and oxygen atoms in total. The van der Waals surface area contributed by atoms with Crippen LogP contribution in [0.25, 0.3) is 0 Å². The molecule has 0 amide bonds. The van der Waals surface area contributed by atoms with Gasteiger partial charge >= 0.3 is 0 Å². The third-order valence-electron chi connectivity index (χ3n) is 4.08. The molecule has 0 aromatic carbocycles. The lowest BCUT2D eigenvalue weighted by atomic mass is 9.84. The maximum Gasteiger partial charge on any atom is 0.158 e. The van der Waals surface area contributed by atoms with E-state index in [2.05, 4.69) is 27.5 Å². The summed E-state index contributed by atoms with van der Waals surface area (Å²) in [6.45, 7) is 2.73. The van der Waals surface area contributed by atoms with Crippen molar-refractivity contribution in [2.45, 2.75) is 51.7 Å². The van der Waals surface area contributed by atoms with Gasteiger partial charge in [-0.25, -0.2) is 9.97 Å². The summed E-state index contributed by atoms with van der Waals surface area (Å²) in [5.74, 6) is 3.35. The Morgan fingerprint density at radius 1 is 1.20 bits per heavy atom. The number of hydrogen-bond acceptors (Lipinski definition) is 5. The van der Waals surface area contributed by atoms with Gasteiger partial charge in [-0.2, -0.15) is 0 Å². The smallest absolute Gasteiger partial charge is 0.158 e. The Kier molecular flexibility index (Phi) is 5.59. The topological polar surface area (TPSA) is 59.1 Å². The van der Waals surface area contributed by atoms with Crippen LogP contribution in [0, 0.1) is 5.92 Å². The van der Waals surface area contributed by atoms with Gasteiger partial charge in [0, 0.05) is 26.3 Å². The summed E-state index contributed by atoms with van der Waals surface area (Å²) in [5.41, 5.74) is 0. The van der Waals surface area contributed by atoms with Crippen molar-refractivity contribution in [3.05, 3.63) is 11.9 Å². The molecule has 2 rings (SSSR count). The zero-order valence-electron chi connectivity index (χ0n) is 12.8. The molecule has 0 aliphatic heterocycles. The fourth-order valence-electron chi connectivity index (χ4n) is 2.82. The summed E-state index contributed by atoms with van der Waals surface area (Å²) in [7, 11) is 3.53. The summed E-state index contributed by atoms with van der Waals surface area (Å²) in [5, 5.41) is 6.63. The predicted octanol–water partition coefficient (Wildman–Crippen LogP) is 3.05. The highest BCUT2D eigenvalue weighted by atomic mass is 16.5. The van der Waals surface area contributed by atoms with Crippen molar-refractivity contribution in [2.24, 2.45) is 5.92 Å². The van der Waals surface area contributed by atoms with Gasteiger partial charge in [-0.05, 0) is 31.6 Å². The van der Waals surface area contributed by atoms with Crippen molar-refractivity contribution < 1.29 is 4.74 Å². The van der Waals surface area contributed by atoms with E-state index in [0.29, 0.717) is 18.5 Å². The van der Waals surface area contributed by atoms with Crippen LogP contribution in [0.4, 0.5) is 11.6 Å². The lowest BCUT2D eigenvalue weighted by Crippen LogP contribution is -2.26. The van der Waals surface area contributed by atoms with Gasteiger partial charge in [-0.3, -0.25) is 0 Å². The highest BCUT2D eigenvalue weighted by molar-refractivity contribution is 5.47. The van der Waals surface area contributed by atoms with E-state index in [-0.39, 0.29) is 0 Å². The summed E-state index contributed by atoms with van der Waals surface area (Å²) in [4.78, 5) is 8.89. The molecule has 1 aliphatic rings. The van der Waals surface area contributed by atoms with Gasteiger partial charge in [-0.1, -0.05) is 13.3 Å². The second-order valence-electron chi connectivity index (χ2n) is 5.51. The number of hydrogen-bond donors (Lipinski definition) is 2. The number of methoxy groups -OCH3 is 1. The molecule has 20 heavy (non-hydrogen) atoms. The van der Waals surface area contributed by atoms with E-state index in [1.165, 1.54) is 32.1 Å². The van der Waals surface area contributed by atoms with Crippen molar-refractivity contribution in [1.29, 1.82) is 0 Å². The lowest BCUT2D eigenvalue weighted by Gasteiger charge is -2.28. The number of nitrogens with one attached hydrogen (secondary N) is 2. The lowest BCUT2D eigenvalue weighted by molar-refractivity contribution is 0.178. The zero-order chi connectivity index (χ0) is 14.4. The highest BCUT2D eigenvalue weighted by Gasteiger charge is 2.20. The quantitative estimate of drug-likeness (QED) is 0.837. The molecule has 0 unspecified atom stereocenters. The maximum absolute atomic E-state index is 5.12. The second kappa shape index (κ2) is 7.43. The van der Waals surface area contributed by atoms with Crippen LogP contribution in [0.5, 0.6) is 0 Å². The first kappa shape index (κ1) is 15.0. The monoisotopic (exact) mass is 278 g/mol. The van der Waals surface area contributed by atoms with Crippen LogP contribution in [-0.2, 0) is 11.3 Å². The van der Waals surface area contributed by atoms with Gasteiger partial charge in [0.25, 0.3) is 0 Å². The molecule has 1 heterocycles. The van der Waals surface area contributed by atoms with E-state index in [1.807, 2.05) is 13.1 Å². The first-order valence-corrected chi connectivity index (χ1v) is 7.56. The third kappa shape index (κ3) is 4.07. The largest absolute Gasteiger partial charge is 0.377 e. The van der Waals surface area contributed by atoms with Crippen molar-refractivity contribution in [1.82, 2.24) is 9.97 Å². The molecule has 1 aromatic heterocycles. The zero-order valence-corrected chi connectivity index (χ0v) is 12.8. The minimum absolute atomic E-state index is 0.437. The van der Waals surface area contributed by atoms with Crippen LogP contribution in [0.2, 0.25) is 0 Å². The van der Waals surface area contributed by atoms with E-state index in [0.717, 1.165) is 17.6 Å². The SMILES string of the molecule is CCC1CCC(Nc2cc(NC)nc(COC)n2)CC1. The molecule has 0 radical (unpaired) electrons. The van der Waals surface area contributed by atoms with Crippen molar-refractivity contribution >= 4 is 11.6 Å². The Morgan fingerprint density at radius 2 is 1.90 bits per heavy atom. The number of nitrogens with zero attached hydrogens (tertiary/aromatic N) is 2. The standard InChI is InChI=1S/C15H26N4O/c1-4-11-5-7-12(8-6-11)17-14-9-13(16-2)18-15(19-14)10-20-3/h9,11-12H,4-8,10H2,1-3H3,(H2,16,17,18,19). The molecule has 112 valence electrons. The fraction of sp³-hybridized carbons (Fsp3) is 0.733. The van der Waals surface area contributed by atoms with E-state index in [4.69, 9.17) is 4.74 Å². The Morgan fingerprint density at radius 3 is 2.50 bits per heavy atom. The second-order valence-corrected chi connectivity index (χ2v) is 5.51. The van der Waals surface area contributed by atoms with E-state index in [9.17, 15) is 0 Å². The van der Waals surface area contributed by atoms with Gasteiger partial charge in [0.05, 0.1) is 0 Å². The number of rotatable bonds is 6. The molecule has 2 N–H and O–H groups in total. The third-order valence-corrected chi connectivity index (χ3v) is 4.08. The maximum atomic E-state index is 5.12. The predicted molar refractivity (Wildman–Crippen MR) is 82.0 cm³/mol. The summed E-state index contributed by atoms with van der Waals surface area (Å²) < 4.78 is 5.12. The normalized spacial score (nSPS) is 22.6. The fourth-order valence-corrected chi connectivity index (χ4v) is 2.82. The average Bonchev–Trinajstić information content (AvgIpc) is 2.48. The van der Waals surface area contributed by atoms with Crippen LogP contribution in [0.1, 0.15) is 44.9 Å². The van der Waals surface area contributed by atoms with Crippen LogP contribution >= 0.6 is 0 Å². The summed E-state index contributed by atoms with van der Waals surface area (Å²) in [6, 6.07) is 2.50. The Labute approximate surface area is 121 Å². The Hall–Kier alpha value is -1.36. The van der Waals surface area contributed by atoms with E-state index >= 15 is 0 Å². The molecule has 0 saturated heterocycles. The average molecular weight is 278 g/mol. The van der Waals surface area contributed by atoms with Gasteiger partial charge < -0.3 is 15.4 Å². The highest BCUT2D eigenvalue weighted by Crippen LogP contribution is 2.28. The van der Waals surface area contributed by atoms with Crippen LogP contribution in [0.15, 0.2) is 6.07 Å². The molecule has 0 bridgehead atoms. The molecule has 0 spiro atoms. The Bertz CT molecular complexity index is 416. The van der Waals surface area contributed by atoms with E-state index < -0.39 is 0 Å². The minimum atomic E-state index is 0.437.